The third kappa shape index (κ3) is 2.06. The van der Waals surface area contributed by atoms with Gasteiger partial charge < -0.3 is 9.84 Å². The van der Waals surface area contributed by atoms with Crippen molar-refractivity contribution in [2.75, 3.05) is 13.7 Å². The van der Waals surface area contributed by atoms with Crippen molar-refractivity contribution in [3.05, 3.63) is 35.4 Å². The van der Waals surface area contributed by atoms with Gasteiger partial charge in [-0.15, -0.1) is 0 Å². The zero-order valence-electron chi connectivity index (χ0n) is 7.45. The van der Waals surface area contributed by atoms with Gasteiger partial charge in [0, 0.05) is 7.11 Å². The molecule has 1 aromatic carbocycles. The fraction of sp³-hybridized carbons (Fsp3) is 0.400. The summed E-state index contributed by atoms with van der Waals surface area (Å²) in [7, 11) is 1.58. The molecule has 1 atom stereocenters. The summed E-state index contributed by atoms with van der Waals surface area (Å²) >= 11 is 0. The lowest BCUT2D eigenvalue weighted by atomic mass is 10.0. The number of aliphatic hydroxyl groups excluding tert-OH is 1. The van der Waals surface area contributed by atoms with Crippen LogP contribution in [0, 0.1) is 6.92 Å². The summed E-state index contributed by atoms with van der Waals surface area (Å²) in [4.78, 5) is 0. The zero-order valence-corrected chi connectivity index (χ0v) is 7.45. The Bertz CT molecular complexity index is 245. The number of hydrogen-bond donors (Lipinski definition) is 1. The molecule has 0 radical (unpaired) electrons. The van der Waals surface area contributed by atoms with Crippen molar-refractivity contribution in [3.63, 3.8) is 0 Å². The average Bonchev–Trinajstić information content (AvgIpc) is 2.05. The Hall–Kier alpha value is -0.860. The minimum absolute atomic E-state index is 0.352. The molecule has 1 N–H and O–H groups in total. The largest absolute Gasteiger partial charge is 0.386 e. The second kappa shape index (κ2) is 4.24. The Labute approximate surface area is 72.8 Å². The molecule has 1 aromatic rings. The van der Waals surface area contributed by atoms with Crippen LogP contribution in [0.25, 0.3) is 0 Å². The predicted molar refractivity (Wildman–Crippen MR) is 48.0 cm³/mol. The van der Waals surface area contributed by atoms with Crippen LogP contribution in [-0.4, -0.2) is 18.8 Å². The molecule has 0 aliphatic rings. The summed E-state index contributed by atoms with van der Waals surface area (Å²) in [6.45, 7) is 2.33. The van der Waals surface area contributed by atoms with Crippen molar-refractivity contribution in [1.82, 2.24) is 0 Å². The summed E-state index contributed by atoms with van der Waals surface area (Å²) in [5.41, 5.74) is 2.04. The van der Waals surface area contributed by atoms with Crippen molar-refractivity contribution in [1.29, 1.82) is 0 Å². The summed E-state index contributed by atoms with van der Waals surface area (Å²) in [5, 5.41) is 9.58. The topological polar surface area (TPSA) is 29.5 Å². The van der Waals surface area contributed by atoms with Crippen LogP contribution in [0.1, 0.15) is 17.2 Å². The minimum atomic E-state index is -0.504. The maximum atomic E-state index is 9.58. The van der Waals surface area contributed by atoms with Gasteiger partial charge in [-0.2, -0.15) is 0 Å². The van der Waals surface area contributed by atoms with Crippen LogP contribution in [0.4, 0.5) is 0 Å². The molecule has 0 heterocycles. The third-order valence-corrected chi connectivity index (χ3v) is 1.87. The average molecular weight is 166 g/mol. The molecule has 0 saturated heterocycles. The summed E-state index contributed by atoms with van der Waals surface area (Å²) in [5.74, 6) is 0. The van der Waals surface area contributed by atoms with Crippen LogP contribution in [0.3, 0.4) is 0 Å². The van der Waals surface area contributed by atoms with Crippen LogP contribution < -0.4 is 0 Å². The van der Waals surface area contributed by atoms with E-state index in [9.17, 15) is 5.11 Å². The van der Waals surface area contributed by atoms with Crippen LogP contribution in [-0.2, 0) is 4.74 Å². The molecule has 2 nitrogen and oxygen atoms in total. The van der Waals surface area contributed by atoms with E-state index < -0.39 is 6.10 Å². The Morgan fingerprint density at radius 3 is 2.67 bits per heavy atom. The van der Waals surface area contributed by atoms with Crippen LogP contribution in [0.15, 0.2) is 24.3 Å². The number of methoxy groups -OCH3 is 1. The highest BCUT2D eigenvalue weighted by Gasteiger charge is 2.07. The highest BCUT2D eigenvalue weighted by molar-refractivity contribution is 5.27. The fourth-order valence-corrected chi connectivity index (χ4v) is 1.21. The number of aliphatic hydroxyl groups is 1. The third-order valence-electron chi connectivity index (χ3n) is 1.87. The van der Waals surface area contributed by atoms with Gasteiger partial charge in [-0.1, -0.05) is 24.3 Å². The van der Waals surface area contributed by atoms with E-state index in [1.165, 1.54) is 0 Å². The highest BCUT2D eigenvalue weighted by Crippen LogP contribution is 2.16. The molecule has 66 valence electrons. The van der Waals surface area contributed by atoms with Gasteiger partial charge in [0.1, 0.15) is 6.10 Å². The molecule has 12 heavy (non-hydrogen) atoms. The number of aryl methyl sites for hydroxylation is 1. The second-order valence-corrected chi connectivity index (χ2v) is 2.83. The van der Waals surface area contributed by atoms with E-state index in [0.29, 0.717) is 6.61 Å². The Balaban J connectivity index is 2.79. The van der Waals surface area contributed by atoms with Crippen LogP contribution >= 0.6 is 0 Å². The molecular formula is C10H14O2. The van der Waals surface area contributed by atoms with E-state index >= 15 is 0 Å². The summed E-state index contributed by atoms with van der Waals surface area (Å²) < 4.78 is 4.86. The molecule has 2 heteroatoms. The van der Waals surface area contributed by atoms with Gasteiger partial charge in [0.05, 0.1) is 6.61 Å². The first-order chi connectivity index (χ1) is 5.75. The van der Waals surface area contributed by atoms with Crippen molar-refractivity contribution in [2.24, 2.45) is 0 Å². The number of hydrogen-bond acceptors (Lipinski definition) is 2. The first-order valence-electron chi connectivity index (χ1n) is 3.98. The van der Waals surface area contributed by atoms with Crippen molar-refractivity contribution >= 4 is 0 Å². The number of ether oxygens (including phenoxy) is 1. The monoisotopic (exact) mass is 166 g/mol. The first-order valence-corrected chi connectivity index (χ1v) is 3.98. The molecule has 0 fully saturated rings. The van der Waals surface area contributed by atoms with E-state index in [1.807, 2.05) is 31.2 Å². The minimum Gasteiger partial charge on any atom is -0.386 e. The maximum absolute atomic E-state index is 9.58. The summed E-state index contributed by atoms with van der Waals surface area (Å²) in [6.07, 6.45) is -0.504. The molecule has 0 aliphatic heterocycles. The zero-order chi connectivity index (χ0) is 8.97. The van der Waals surface area contributed by atoms with Gasteiger partial charge in [-0.05, 0) is 18.1 Å². The van der Waals surface area contributed by atoms with Crippen LogP contribution in [0.5, 0.6) is 0 Å². The summed E-state index contributed by atoms with van der Waals surface area (Å²) in [6, 6.07) is 7.77. The van der Waals surface area contributed by atoms with Gasteiger partial charge in [-0.25, -0.2) is 0 Å². The Kier molecular flexibility index (Phi) is 3.26. The van der Waals surface area contributed by atoms with Crippen molar-refractivity contribution in [3.8, 4) is 0 Å². The lowest BCUT2D eigenvalue weighted by Gasteiger charge is -2.11. The lowest BCUT2D eigenvalue weighted by molar-refractivity contribution is 0.0640. The van der Waals surface area contributed by atoms with E-state index in [4.69, 9.17) is 4.74 Å². The predicted octanol–water partition coefficient (Wildman–Crippen LogP) is 1.67. The van der Waals surface area contributed by atoms with Gasteiger partial charge in [0.2, 0.25) is 0 Å². The van der Waals surface area contributed by atoms with Crippen LogP contribution in [0.2, 0.25) is 0 Å². The number of benzene rings is 1. The maximum Gasteiger partial charge on any atom is 0.103 e. The number of rotatable bonds is 3. The molecule has 0 aliphatic carbocycles. The van der Waals surface area contributed by atoms with Gasteiger partial charge in [0.15, 0.2) is 0 Å². The van der Waals surface area contributed by atoms with E-state index in [1.54, 1.807) is 7.11 Å². The first kappa shape index (κ1) is 9.23. The smallest absolute Gasteiger partial charge is 0.103 e. The molecule has 0 amide bonds. The SMILES string of the molecule is COCC(O)c1ccccc1C. The van der Waals surface area contributed by atoms with Gasteiger partial charge in [0.25, 0.3) is 0 Å². The quantitative estimate of drug-likeness (QED) is 0.740. The van der Waals surface area contributed by atoms with E-state index in [-0.39, 0.29) is 0 Å². The van der Waals surface area contributed by atoms with Gasteiger partial charge >= 0.3 is 0 Å². The lowest BCUT2D eigenvalue weighted by Crippen LogP contribution is -2.06. The molecule has 0 aromatic heterocycles. The fourth-order valence-electron chi connectivity index (χ4n) is 1.21. The van der Waals surface area contributed by atoms with E-state index in [0.717, 1.165) is 11.1 Å². The molecule has 1 rings (SSSR count). The normalized spacial score (nSPS) is 12.9. The molecule has 0 saturated carbocycles. The van der Waals surface area contributed by atoms with Gasteiger partial charge in [-0.3, -0.25) is 0 Å². The molecule has 0 bridgehead atoms. The Morgan fingerprint density at radius 1 is 1.42 bits per heavy atom. The second-order valence-electron chi connectivity index (χ2n) is 2.83. The molecule has 0 spiro atoms. The van der Waals surface area contributed by atoms with E-state index in [2.05, 4.69) is 0 Å². The molecular weight excluding hydrogens is 152 g/mol. The standard InChI is InChI=1S/C10H14O2/c1-8-5-3-4-6-9(8)10(11)7-12-2/h3-6,10-11H,7H2,1-2H3. The highest BCUT2D eigenvalue weighted by atomic mass is 16.5. The molecule has 1 unspecified atom stereocenters. The van der Waals surface area contributed by atoms with Crippen molar-refractivity contribution < 1.29 is 9.84 Å². The Morgan fingerprint density at radius 2 is 2.08 bits per heavy atom. The van der Waals surface area contributed by atoms with Crippen molar-refractivity contribution in [2.45, 2.75) is 13.0 Å².